The van der Waals surface area contributed by atoms with E-state index < -0.39 is 17.7 Å². The van der Waals surface area contributed by atoms with Gasteiger partial charge in [-0.25, -0.2) is 0 Å². The summed E-state index contributed by atoms with van der Waals surface area (Å²) < 4.78 is 10.7. The second-order valence-electron chi connectivity index (χ2n) is 7.96. The van der Waals surface area contributed by atoms with Crippen molar-refractivity contribution in [3.05, 3.63) is 35.1 Å². The molecule has 1 aliphatic rings. The second-order valence-corrected chi connectivity index (χ2v) is 7.96. The number of nitrogens with zero attached hydrogens (tertiary/aromatic N) is 2. The predicted molar refractivity (Wildman–Crippen MR) is 111 cm³/mol. The van der Waals surface area contributed by atoms with Crippen molar-refractivity contribution in [2.75, 3.05) is 41.4 Å². The Morgan fingerprint density at radius 3 is 2.41 bits per heavy atom. The van der Waals surface area contributed by atoms with E-state index in [1.165, 1.54) is 7.11 Å². The zero-order chi connectivity index (χ0) is 21.7. The van der Waals surface area contributed by atoms with Crippen LogP contribution < -0.4 is 9.47 Å². The Kier molecular flexibility index (Phi) is 7.67. The average molecular weight is 405 g/mol. The van der Waals surface area contributed by atoms with Gasteiger partial charge in [0.05, 0.1) is 25.8 Å². The number of Topliss-reactive ketones (excluding diaryl/α,β-unsaturated/α-hetero) is 1. The van der Waals surface area contributed by atoms with Crippen LogP contribution in [0.15, 0.2) is 29.5 Å². The van der Waals surface area contributed by atoms with Crippen LogP contribution in [0.1, 0.15) is 38.3 Å². The summed E-state index contributed by atoms with van der Waals surface area (Å²) in [6, 6.07) is 4.67. The number of methoxy groups -OCH3 is 2. The molecule has 0 aliphatic carbocycles. The summed E-state index contributed by atoms with van der Waals surface area (Å²) >= 11 is 0. The van der Waals surface area contributed by atoms with Crippen LogP contribution in [0.25, 0.3) is 0 Å². The highest BCUT2D eigenvalue weighted by molar-refractivity contribution is 6.09. The zero-order valence-corrected chi connectivity index (χ0v) is 18.2. The molecule has 0 saturated carbocycles. The minimum Gasteiger partial charge on any atom is -0.503 e. The van der Waals surface area contributed by atoms with Gasteiger partial charge in [-0.15, -0.1) is 0 Å². The van der Waals surface area contributed by atoms with Gasteiger partial charge in [-0.2, -0.15) is 0 Å². The summed E-state index contributed by atoms with van der Waals surface area (Å²) in [7, 11) is 7.01. The van der Waals surface area contributed by atoms with E-state index in [-0.39, 0.29) is 23.7 Å². The van der Waals surface area contributed by atoms with Gasteiger partial charge in [-0.05, 0) is 50.7 Å². The first-order valence-electron chi connectivity index (χ1n) is 9.85. The Morgan fingerprint density at radius 2 is 1.86 bits per heavy atom. The van der Waals surface area contributed by atoms with Crippen LogP contribution in [-0.2, 0) is 9.59 Å². The summed E-state index contributed by atoms with van der Waals surface area (Å²) in [5.74, 6) is 0.0270. The lowest BCUT2D eigenvalue weighted by Gasteiger charge is -2.28. The largest absolute Gasteiger partial charge is 0.503 e. The Hall–Kier alpha value is -2.54. The van der Waals surface area contributed by atoms with Crippen molar-refractivity contribution >= 4 is 11.7 Å². The average Bonchev–Trinajstić information content (AvgIpc) is 2.91. The number of ether oxygens (including phenoxy) is 2. The summed E-state index contributed by atoms with van der Waals surface area (Å²) in [6.07, 6.45) is 0.990. The van der Waals surface area contributed by atoms with E-state index in [4.69, 9.17) is 9.47 Å². The molecule has 1 amide bonds. The monoisotopic (exact) mass is 404 g/mol. The molecule has 1 N–H and O–H groups in total. The fourth-order valence-corrected chi connectivity index (χ4v) is 3.58. The molecule has 7 heteroatoms. The number of aliphatic hydroxyl groups is 1. The van der Waals surface area contributed by atoms with Crippen molar-refractivity contribution < 1.29 is 24.2 Å². The number of hydrogen-bond donors (Lipinski definition) is 1. The highest BCUT2D eigenvalue weighted by Crippen LogP contribution is 2.41. The van der Waals surface area contributed by atoms with E-state index in [0.717, 1.165) is 13.0 Å². The quantitative estimate of drug-likeness (QED) is 0.646. The lowest BCUT2D eigenvalue weighted by atomic mass is 9.92. The zero-order valence-electron chi connectivity index (χ0n) is 18.2. The number of rotatable bonds is 10. The van der Waals surface area contributed by atoms with Crippen molar-refractivity contribution in [2.45, 2.75) is 32.7 Å². The summed E-state index contributed by atoms with van der Waals surface area (Å²) in [6.45, 7) is 5.09. The topological polar surface area (TPSA) is 79.3 Å². The van der Waals surface area contributed by atoms with E-state index in [9.17, 15) is 14.7 Å². The SMILES string of the molecule is COc1ccc(C2C(C(=O)CC(C)C)=C(O)C(=O)N2CCCN(C)C)cc1OC. The summed E-state index contributed by atoms with van der Waals surface area (Å²) in [5, 5.41) is 10.6. The van der Waals surface area contributed by atoms with E-state index in [2.05, 4.69) is 0 Å². The van der Waals surface area contributed by atoms with Crippen molar-refractivity contribution in [2.24, 2.45) is 5.92 Å². The van der Waals surface area contributed by atoms with E-state index in [0.29, 0.717) is 23.6 Å². The third-order valence-corrected chi connectivity index (χ3v) is 4.93. The molecule has 0 fully saturated rings. The number of benzene rings is 1. The van der Waals surface area contributed by atoms with Crippen molar-refractivity contribution in [3.8, 4) is 11.5 Å². The lowest BCUT2D eigenvalue weighted by Crippen LogP contribution is -2.33. The molecule has 2 rings (SSSR count). The number of amides is 1. The molecule has 0 saturated heterocycles. The van der Waals surface area contributed by atoms with Gasteiger partial charge in [-0.3, -0.25) is 9.59 Å². The van der Waals surface area contributed by atoms with Gasteiger partial charge < -0.3 is 24.4 Å². The Balaban J connectivity index is 2.48. The maximum atomic E-state index is 12.9. The predicted octanol–water partition coefficient (Wildman–Crippen LogP) is 2.97. The second kappa shape index (κ2) is 9.78. The number of carbonyl (C=O) groups is 2. The third kappa shape index (κ3) is 5.09. The highest BCUT2D eigenvalue weighted by atomic mass is 16.5. The van der Waals surface area contributed by atoms with Gasteiger partial charge in [0.25, 0.3) is 5.91 Å². The van der Waals surface area contributed by atoms with Crippen LogP contribution in [0.4, 0.5) is 0 Å². The summed E-state index contributed by atoms with van der Waals surface area (Å²) in [5.41, 5.74) is 0.873. The Bertz CT molecular complexity index is 785. The van der Waals surface area contributed by atoms with Gasteiger partial charge in [0, 0.05) is 13.0 Å². The molecular formula is C22H32N2O5. The molecule has 29 heavy (non-hydrogen) atoms. The number of aliphatic hydroxyl groups excluding tert-OH is 1. The van der Waals surface area contributed by atoms with Gasteiger partial charge in [0.2, 0.25) is 0 Å². The van der Waals surface area contributed by atoms with Crippen LogP contribution >= 0.6 is 0 Å². The minimum absolute atomic E-state index is 0.117. The molecular weight excluding hydrogens is 372 g/mol. The number of hydrogen-bond acceptors (Lipinski definition) is 6. The molecule has 0 bridgehead atoms. The van der Waals surface area contributed by atoms with Crippen molar-refractivity contribution in [3.63, 3.8) is 0 Å². The molecule has 1 unspecified atom stereocenters. The normalized spacial score (nSPS) is 16.9. The molecule has 1 aromatic carbocycles. The molecule has 1 aromatic rings. The molecule has 1 atom stereocenters. The van der Waals surface area contributed by atoms with Crippen LogP contribution in [0.3, 0.4) is 0 Å². The smallest absolute Gasteiger partial charge is 0.290 e. The van der Waals surface area contributed by atoms with Crippen LogP contribution in [-0.4, -0.2) is 68.0 Å². The van der Waals surface area contributed by atoms with Gasteiger partial charge >= 0.3 is 0 Å². The van der Waals surface area contributed by atoms with E-state index in [1.807, 2.05) is 32.8 Å². The first-order valence-corrected chi connectivity index (χ1v) is 9.85. The van der Waals surface area contributed by atoms with Crippen molar-refractivity contribution in [1.82, 2.24) is 9.80 Å². The molecule has 160 valence electrons. The fourth-order valence-electron chi connectivity index (χ4n) is 3.58. The fraction of sp³-hybridized carbons (Fsp3) is 0.545. The summed E-state index contributed by atoms with van der Waals surface area (Å²) in [4.78, 5) is 29.4. The van der Waals surface area contributed by atoms with Crippen molar-refractivity contribution in [1.29, 1.82) is 0 Å². The maximum Gasteiger partial charge on any atom is 0.290 e. The van der Waals surface area contributed by atoms with Crippen LogP contribution in [0.2, 0.25) is 0 Å². The van der Waals surface area contributed by atoms with E-state index in [1.54, 1.807) is 30.2 Å². The minimum atomic E-state index is -0.643. The maximum absolute atomic E-state index is 12.9. The molecule has 1 heterocycles. The molecule has 1 aliphatic heterocycles. The third-order valence-electron chi connectivity index (χ3n) is 4.93. The van der Waals surface area contributed by atoms with Gasteiger partial charge in [0.15, 0.2) is 23.0 Å². The molecule has 0 radical (unpaired) electrons. The standard InChI is InChI=1S/C22H32N2O5/c1-14(2)12-16(25)19-20(15-8-9-17(28-5)18(13-15)29-6)24(22(27)21(19)26)11-7-10-23(3)4/h8-9,13-14,20,26H,7,10-12H2,1-6H3. The molecule has 7 nitrogen and oxygen atoms in total. The van der Waals surface area contributed by atoms with Crippen LogP contribution in [0, 0.1) is 5.92 Å². The van der Waals surface area contributed by atoms with Gasteiger partial charge in [-0.1, -0.05) is 19.9 Å². The Morgan fingerprint density at radius 1 is 1.21 bits per heavy atom. The molecule has 0 aromatic heterocycles. The molecule has 0 spiro atoms. The first kappa shape index (κ1) is 22.7. The number of carbonyl (C=O) groups excluding carboxylic acids is 2. The Labute approximate surface area is 172 Å². The van der Waals surface area contributed by atoms with Crippen LogP contribution in [0.5, 0.6) is 11.5 Å². The lowest BCUT2D eigenvalue weighted by molar-refractivity contribution is -0.129. The first-order chi connectivity index (χ1) is 13.7. The number of ketones is 1. The highest BCUT2D eigenvalue weighted by Gasteiger charge is 2.43. The van der Waals surface area contributed by atoms with Gasteiger partial charge in [0.1, 0.15) is 0 Å². The van der Waals surface area contributed by atoms with E-state index >= 15 is 0 Å².